The van der Waals surface area contributed by atoms with Crippen LogP contribution in [0.5, 0.6) is 0 Å². The van der Waals surface area contributed by atoms with Crippen molar-refractivity contribution in [3.8, 4) is 0 Å². The third-order valence-corrected chi connectivity index (χ3v) is 4.36. The zero-order valence-corrected chi connectivity index (χ0v) is 12.3. The molecule has 4 nitrogen and oxygen atoms in total. The van der Waals surface area contributed by atoms with Gasteiger partial charge in [0.1, 0.15) is 0 Å². The van der Waals surface area contributed by atoms with Crippen LogP contribution >= 0.6 is 15.9 Å². The second-order valence-electron chi connectivity index (χ2n) is 4.92. The number of nitrogens with zero attached hydrogens (tertiary/aromatic N) is 1. The minimum Gasteiger partial charge on any atom is -0.369 e. The van der Waals surface area contributed by atoms with E-state index in [1.165, 1.54) is 0 Å². The highest BCUT2D eigenvalue weighted by atomic mass is 79.9. The summed E-state index contributed by atoms with van der Waals surface area (Å²) >= 11 is 3.51. The summed E-state index contributed by atoms with van der Waals surface area (Å²) in [6, 6.07) is 11.7. The van der Waals surface area contributed by atoms with Crippen molar-refractivity contribution < 1.29 is 9.59 Å². The average Bonchev–Trinajstić information content (AvgIpc) is 2.81. The highest BCUT2D eigenvalue weighted by Crippen LogP contribution is 2.34. The largest absolute Gasteiger partial charge is 0.369 e. The normalized spacial score (nSPS) is 18.8. The molecule has 0 spiro atoms. The lowest BCUT2D eigenvalue weighted by molar-refractivity contribution is -0.123. The molecule has 0 aliphatic carbocycles. The zero-order chi connectivity index (χ0) is 14.3. The van der Waals surface area contributed by atoms with Crippen molar-refractivity contribution in [1.82, 2.24) is 0 Å². The van der Waals surface area contributed by atoms with E-state index in [4.69, 9.17) is 5.73 Å². The van der Waals surface area contributed by atoms with Crippen LogP contribution in [0.2, 0.25) is 0 Å². The summed E-state index contributed by atoms with van der Waals surface area (Å²) in [6.45, 7) is 0.361. The second-order valence-corrected chi connectivity index (χ2v) is 5.77. The van der Waals surface area contributed by atoms with Crippen molar-refractivity contribution in [1.29, 1.82) is 0 Å². The van der Waals surface area contributed by atoms with Gasteiger partial charge in [-0.3, -0.25) is 9.59 Å². The van der Waals surface area contributed by atoms with Gasteiger partial charge in [-0.15, -0.1) is 0 Å². The van der Waals surface area contributed by atoms with Gasteiger partial charge < -0.3 is 10.6 Å². The molecule has 2 aromatic rings. The molecular weight excluding hydrogens is 320 g/mol. The van der Waals surface area contributed by atoms with E-state index in [1.54, 1.807) is 4.90 Å². The van der Waals surface area contributed by atoms with Crippen LogP contribution in [0.3, 0.4) is 0 Å². The molecule has 5 heteroatoms. The molecule has 1 atom stereocenters. The molecule has 1 aliphatic heterocycles. The van der Waals surface area contributed by atoms with Gasteiger partial charge in [0, 0.05) is 22.8 Å². The highest BCUT2D eigenvalue weighted by Gasteiger charge is 2.34. The van der Waals surface area contributed by atoms with Crippen LogP contribution in [0.1, 0.15) is 6.42 Å². The lowest BCUT2D eigenvalue weighted by Gasteiger charge is -2.19. The quantitative estimate of drug-likeness (QED) is 0.917. The SMILES string of the molecule is NC(=O)C1CC(=O)N(c2cccc3c(Br)cccc23)C1. The number of carbonyl (C=O) groups is 2. The molecule has 2 amide bonds. The Hall–Kier alpha value is -1.88. The summed E-state index contributed by atoms with van der Waals surface area (Å²) in [5.41, 5.74) is 6.14. The van der Waals surface area contributed by atoms with E-state index in [0.29, 0.717) is 6.54 Å². The first kappa shape index (κ1) is 13.1. The van der Waals surface area contributed by atoms with Gasteiger partial charge in [0.25, 0.3) is 0 Å². The van der Waals surface area contributed by atoms with E-state index in [9.17, 15) is 9.59 Å². The van der Waals surface area contributed by atoms with Crippen LogP contribution in [0.25, 0.3) is 10.8 Å². The van der Waals surface area contributed by atoms with Crippen LogP contribution in [0, 0.1) is 5.92 Å². The van der Waals surface area contributed by atoms with Crippen molar-refractivity contribution >= 4 is 44.2 Å². The smallest absolute Gasteiger partial charge is 0.227 e. The molecule has 20 heavy (non-hydrogen) atoms. The molecule has 2 N–H and O–H groups in total. The number of benzene rings is 2. The molecule has 102 valence electrons. The van der Waals surface area contributed by atoms with E-state index in [-0.39, 0.29) is 12.3 Å². The average molecular weight is 333 g/mol. The van der Waals surface area contributed by atoms with Gasteiger partial charge in [-0.25, -0.2) is 0 Å². The molecule has 1 fully saturated rings. The number of nitrogens with two attached hydrogens (primary N) is 1. The Labute approximate surface area is 124 Å². The Bertz CT molecular complexity index is 714. The highest BCUT2D eigenvalue weighted by molar-refractivity contribution is 9.10. The van der Waals surface area contributed by atoms with Crippen molar-refractivity contribution in [2.45, 2.75) is 6.42 Å². The molecule has 0 saturated carbocycles. The lowest BCUT2D eigenvalue weighted by Crippen LogP contribution is -2.28. The molecule has 2 aromatic carbocycles. The standard InChI is InChI=1S/C15H13BrN2O2/c16-12-5-1-4-11-10(12)3-2-6-13(11)18-8-9(15(17)20)7-14(18)19/h1-6,9H,7-8H2,(H2,17,20). The van der Waals surface area contributed by atoms with Gasteiger partial charge in [0.2, 0.25) is 11.8 Å². The number of amides is 2. The van der Waals surface area contributed by atoms with Crippen molar-refractivity contribution in [3.63, 3.8) is 0 Å². The maximum atomic E-state index is 12.1. The van der Waals surface area contributed by atoms with Crippen molar-refractivity contribution in [2.24, 2.45) is 11.7 Å². The molecule has 1 heterocycles. The van der Waals surface area contributed by atoms with Gasteiger partial charge in [-0.05, 0) is 17.5 Å². The molecular formula is C15H13BrN2O2. The Balaban J connectivity index is 2.09. The summed E-state index contributed by atoms with van der Waals surface area (Å²) < 4.78 is 0.981. The summed E-state index contributed by atoms with van der Waals surface area (Å²) in [5, 5.41) is 2.03. The molecule has 0 radical (unpaired) electrons. The number of hydrogen-bond acceptors (Lipinski definition) is 2. The predicted molar refractivity (Wildman–Crippen MR) is 81.3 cm³/mol. The number of rotatable bonds is 2. The fourth-order valence-electron chi connectivity index (χ4n) is 2.62. The van der Waals surface area contributed by atoms with Gasteiger partial charge >= 0.3 is 0 Å². The summed E-state index contributed by atoms with van der Waals surface area (Å²) in [4.78, 5) is 25.1. The first-order chi connectivity index (χ1) is 9.58. The van der Waals surface area contributed by atoms with Crippen LogP contribution in [0.4, 0.5) is 5.69 Å². The van der Waals surface area contributed by atoms with Gasteiger partial charge in [0.15, 0.2) is 0 Å². The molecule has 1 aliphatic rings. The molecule has 0 bridgehead atoms. The fourth-order valence-corrected chi connectivity index (χ4v) is 3.12. The number of halogens is 1. The topological polar surface area (TPSA) is 63.4 Å². The van der Waals surface area contributed by atoms with Crippen LogP contribution < -0.4 is 10.6 Å². The van der Waals surface area contributed by atoms with Crippen molar-refractivity contribution in [2.75, 3.05) is 11.4 Å². The molecule has 1 unspecified atom stereocenters. The number of primary amides is 1. The van der Waals surface area contributed by atoms with Gasteiger partial charge in [-0.2, -0.15) is 0 Å². The number of fused-ring (bicyclic) bond motifs is 1. The monoisotopic (exact) mass is 332 g/mol. The predicted octanol–water partition coefficient (Wildman–Crippen LogP) is 2.44. The van der Waals surface area contributed by atoms with Crippen LogP contribution in [-0.2, 0) is 9.59 Å². The minimum atomic E-state index is -0.415. The Morgan fingerprint density at radius 2 is 1.90 bits per heavy atom. The third kappa shape index (κ3) is 2.08. The molecule has 0 aromatic heterocycles. The van der Waals surface area contributed by atoms with E-state index < -0.39 is 11.8 Å². The number of anilines is 1. The summed E-state index contributed by atoms with van der Waals surface area (Å²) in [7, 11) is 0. The first-order valence-electron chi connectivity index (χ1n) is 6.35. The Kier molecular flexibility index (Phi) is 3.22. The van der Waals surface area contributed by atoms with Gasteiger partial charge in [0.05, 0.1) is 11.6 Å². The first-order valence-corrected chi connectivity index (χ1v) is 7.14. The molecule has 1 saturated heterocycles. The maximum Gasteiger partial charge on any atom is 0.227 e. The van der Waals surface area contributed by atoms with E-state index in [0.717, 1.165) is 20.9 Å². The summed E-state index contributed by atoms with van der Waals surface area (Å²) in [5.74, 6) is -0.867. The Morgan fingerprint density at radius 3 is 2.60 bits per heavy atom. The Morgan fingerprint density at radius 1 is 1.20 bits per heavy atom. The van der Waals surface area contributed by atoms with Gasteiger partial charge in [-0.1, -0.05) is 40.2 Å². The van der Waals surface area contributed by atoms with Crippen molar-refractivity contribution in [3.05, 3.63) is 40.9 Å². The number of hydrogen-bond donors (Lipinski definition) is 1. The van der Waals surface area contributed by atoms with Crippen LogP contribution in [0.15, 0.2) is 40.9 Å². The van der Waals surface area contributed by atoms with Crippen LogP contribution in [-0.4, -0.2) is 18.4 Å². The second kappa shape index (κ2) is 4.90. The molecule has 3 rings (SSSR count). The fraction of sp³-hybridized carbons (Fsp3) is 0.200. The number of carbonyl (C=O) groups excluding carboxylic acids is 2. The zero-order valence-electron chi connectivity index (χ0n) is 10.7. The lowest BCUT2D eigenvalue weighted by atomic mass is 10.1. The maximum absolute atomic E-state index is 12.1. The van der Waals surface area contributed by atoms with E-state index in [1.807, 2.05) is 36.4 Å². The minimum absolute atomic E-state index is 0.0544. The summed E-state index contributed by atoms with van der Waals surface area (Å²) in [6.07, 6.45) is 0.194. The van der Waals surface area contributed by atoms with E-state index >= 15 is 0 Å². The van der Waals surface area contributed by atoms with E-state index in [2.05, 4.69) is 15.9 Å². The third-order valence-electron chi connectivity index (χ3n) is 3.66.